The lowest BCUT2D eigenvalue weighted by Gasteiger charge is -2.20. The maximum atomic E-state index is 5.34. The van der Waals surface area contributed by atoms with Crippen molar-refractivity contribution in [1.29, 1.82) is 0 Å². The average molecular weight is 379 g/mol. The van der Waals surface area contributed by atoms with Crippen LogP contribution in [0.3, 0.4) is 0 Å². The molecule has 0 saturated carbocycles. The Kier molecular flexibility index (Phi) is 5.27. The van der Waals surface area contributed by atoms with E-state index in [4.69, 9.17) is 4.74 Å². The first-order valence-electron chi connectivity index (χ1n) is 9.41. The van der Waals surface area contributed by atoms with E-state index in [0.29, 0.717) is 12.6 Å². The van der Waals surface area contributed by atoms with Crippen molar-refractivity contribution in [1.82, 2.24) is 25.2 Å². The molecule has 146 valence electrons. The highest BCUT2D eigenvalue weighted by molar-refractivity contribution is 5.80. The number of nitrogens with one attached hydrogen (secondary N) is 2. The molecule has 0 radical (unpaired) electrons. The molecule has 1 atom stereocenters. The maximum Gasteiger partial charge on any atom is 0.191 e. The minimum Gasteiger partial charge on any atom is -0.497 e. The van der Waals surface area contributed by atoms with Gasteiger partial charge in [0, 0.05) is 44.1 Å². The number of rotatable bonds is 5. The van der Waals surface area contributed by atoms with Crippen LogP contribution in [0.1, 0.15) is 12.2 Å². The monoisotopic (exact) mass is 379 g/mol. The molecule has 0 bridgehead atoms. The largest absolute Gasteiger partial charge is 0.497 e. The predicted octanol–water partition coefficient (Wildman–Crippen LogP) is 1.68. The number of aromatic nitrogens is 3. The smallest absolute Gasteiger partial charge is 0.191 e. The zero-order chi connectivity index (χ0) is 19.3. The van der Waals surface area contributed by atoms with Crippen molar-refractivity contribution in [3.05, 3.63) is 54.5 Å². The van der Waals surface area contributed by atoms with E-state index in [1.165, 1.54) is 5.69 Å². The van der Waals surface area contributed by atoms with E-state index < -0.39 is 0 Å². The second kappa shape index (κ2) is 8.16. The Morgan fingerprint density at radius 2 is 2.18 bits per heavy atom. The fraction of sp³-hybridized carbons (Fsp3) is 0.350. The van der Waals surface area contributed by atoms with E-state index >= 15 is 0 Å². The standard InChI is InChI=1S/C20H25N7O/c1-21-20(22-13-19-25-24-18-8-3-4-10-27(18)19)23-15-9-11-26(14-15)16-6-5-7-17(12-16)28-2/h3-8,10,12,15H,9,11,13-14H2,1-2H3,(H2,21,22,23). The molecule has 1 saturated heterocycles. The summed E-state index contributed by atoms with van der Waals surface area (Å²) in [6.45, 7) is 2.47. The zero-order valence-corrected chi connectivity index (χ0v) is 16.2. The maximum absolute atomic E-state index is 5.34. The van der Waals surface area contributed by atoms with Crippen molar-refractivity contribution in [2.24, 2.45) is 4.99 Å². The third-order valence-electron chi connectivity index (χ3n) is 4.97. The highest BCUT2D eigenvalue weighted by Gasteiger charge is 2.23. The molecule has 8 heteroatoms. The number of nitrogens with zero attached hydrogens (tertiary/aromatic N) is 5. The van der Waals surface area contributed by atoms with Gasteiger partial charge in [-0.1, -0.05) is 12.1 Å². The van der Waals surface area contributed by atoms with E-state index in [2.05, 4.69) is 42.9 Å². The Morgan fingerprint density at radius 3 is 3.04 bits per heavy atom. The number of guanidine groups is 1. The summed E-state index contributed by atoms with van der Waals surface area (Å²) in [4.78, 5) is 6.72. The zero-order valence-electron chi connectivity index (χ0n) is 16.2. The molecule has 1 aliphatic rings. The minimum atomic E-state index is 0.326. The highest BCUT2D eigenvalue weighted by atomic mass is 16.5. The van der Waals surface area contributed by atoms with E-state index in [0.717, 1.165) is 42.7 Å². The van der Waals surface area contributed by atoms with Gasteiger partial charge in [-0.25, -0.2) is 0 Å². The van der Waals surface area contributed by atoms with Crippen molar-refractivity contribution in [3.8, 4) is 5.75 Å². The highest BCUT2D eigenvalue weighted by Crippen LogP contribution is 2.24. The molecule has 1 fully saturated rings. The van der Waals surface area contributed by atoms with Crippen LogP contribution < -0.4 is 20.3 Å². The fourth-order valence-electron chi connectivity index (χ4n) is 3.48. The van der Waals surface area contributed by atoms with Gasteiger partial charge in [-0.3, -0.25) is 9.39 Å². The number of pyridine rings is 1. The first-order valence-corrected chi connectivity index (χ1v) is 9.41. The number of aliphatic imine (C=N–C) groups is 1. The molecular formula is C20H25N7O. The Labute approximate surface area is 164 Å². The van der Waals surface area contributed by atoms with Crippen LogP contribution >= 0.6 is 0 Å². The van der Waals surface area contributed by atoms with Crippen molar-refractivity contribution in [3.63, 3.8) is 0 Å². The van der Waals surface area contributed by atoms with Gasteiger partial charge in [-0.15, -0.1) is 10.2 Å². The Morgan fingerprint density at radius 1 is 1.25 bits per heavy atom. The minimum absolute atomic E-state index is 0.326. The lowest BCUT2D eigenvalue weighted by molar-refractivity contribution is 0.415. The van der Waals surface area contributed by atoms with Crippen LogP contribution in [0.25, 0.3) is 5.65 Å². The molecule has 1 aliphatic heterocycles. The Hall–Kier alpha value is -3.29. The first kappa shape index (κ1) is 18.1. The van der Waals surface area contributed by atoms with E-state index in [1.54, 1.807) is 14.2 Å². The molecule has 0 aliphatic carbocycles. The van der Waals surface area contributed by atoms with Gasteiger partial charge in [0.2, 0.25) is 0 Å². The summed E-state index contributed by atoms with van der Waals surface area (Å²) >= 11 is 0. The molecule has 0 amide bonds. The van der Waals surface area contributed by atoms with Crippen molar-refractivity contribution in [2.45, 2.75) is 19.0 Å². The van der Waals surface area contributed by atoms with Crippen LogP contribution in [-0.2, 0) is 6.54 Å². The molecule has 1 unspecified atom stereocenters. The number of ether oxygens (including phenoxy) is 1. The summed E-state index contributed by atoms with van der Waals surface area (Å²) in [5.41, 5.74) is 2.02. The van der Waals surface area contributed by atoms with Gasteiger partial charge in [-0.05, 0) is 30.7 Å². The third-order valence-corrected chi connectivity index (χ3v) is 4.97. The molecule has 28 heavy (non-hydrogen) atoms. The van der Waals surface area contributed by atoms with Crippen LogP contribution in [0.15, 0.2) is 53.7 Å². The molecule has 4 rings (SSSR count). The predicted molar refractivity (Wildman–Crippen MR) is 110 cm³/mol. The average Bonchev–Trinajstić information content (AvgIpc) is 3.38. The van der Waals surface area contributed by atoms with E-state index in [1.807, 2.05) is 40.9 Å². The second-order valence-electron chi connectivity index (χ2n) is 6.75. The van der Waals surface area contributed by atoms with Crippen molar-refractivity contribution >= 4 is 17.3 Å². The normalized spacial score (nSPS) is 17.1. The van der Waals surface area contributed by atoms with Crippen LogP contribution in [0.5, 0.6) is 5.75 Å². The van der Waals surface area contributed by atoms with Crippen LogP contribution in [0.4, 0.5) is 5.69 Å². The fourth-order valence-corrected chi connectivity index (χ4v) is 3.48. The molecule has 2 N–H and O–H groups in total. The molecule has 2 aromatic heterocycles. The van der Waals surface area contributed by atoms with Gasteiger partial charge in [0.25, 0.3) is 0 Å². The molecule has 3 aromatic rings. The SMILES string of the molecule is CN=C(NCc1nnc2ccccn12)NC1CCN(c2cccc(OC)c2)C1. The molecule has 8 nitrogen and oxygen atoms in total. The summed E-state index contributed by atoms with van der Waals surface area (Å²) in [5.74, 6) is 2.50. The number of benzene rings is 1. The van der Waals surface area contributed by atoms with Gasteiger partial charge in [0.15, 0.2) is 17.4 Å². The van der Waals surface area contributed by atoms with Crippen LogP contribution in [0, 0.1) is 0 Å². The first-order chi connectivity index (χ1) is 13.8. The molecule has 1 aromatic carbocycles. The summed E-state index contributed by atoms with van der Waals surface area (Å²) in [5, 5.41) is 15.3. The van der Waals surface area contributed by atoms with Gasteiger partial charge in [0.1, 0.15) is 5.75 Å². The van der Waals surface area contributed by atoms with Crippen LogP contribution in [0.2, 0.25) is 0 Å². The quantitative estimate of drug-likeness (QED) is 0.519. The van der Waals surface area contributed by atoms with Crippen LogP contribution in [-0.4, -0.2) is 53.8 Å². The molecule has 3 heterocycles. The molecular weight excluding hydrogens is 354 g/mol. The van der Waals surface area contributed by atoms with Gasteiger partial charge in [0.05, 0.1) is 13.7 Å². The summed E-state index contributed by atoms with van der Waals surface area (Å²) in [6, 6.07) is 14.4. The van der Waals surface area contributed by atoms with Crippen molar-refractivity contribution < 1.29 is 4.74 Å². The lowest BCUT2D eigenvalue weighted by Crippen LogP contribution is -2.44. The Balaban J connectivity index is 1.34. The van der Waals surface area contributed by atoms with E-state index in [9.17, 15) is 0 Å². The number of anilines is 1. The summed E-state index contributed by atoms with van der Waals surface area (Å²) < 4.78 is 7.31. The third kappa shape index (κ3) is 3.85. The topological polar surface area (TPSA) is 79.1 Å². The van der Waals surface area contributed by atoms with Gasteiger partial charge in [-0.2, -0.15) is 0 Å². The number of fused-ring (bicyclic) bond motifs is 1. The Bertz CT molecular complexity index is 968. The lowest BCUT2D eigenvalue weighted by atomic mass is 10.2. The van der Waals surface area contributed by atoms with Gasteiger partial charge < -0.3 is 20.3 Å². The molecule has 0 spiro atoms. The van der Waals surface area contributed by atoms with E-state index in [-0.39, 0.29) is 0 Å². The number of hydrogen-bond donors (Lipinski definition) is 2. The summed E-state index contributed by atoms with van der Waals surface area (Å²) in [6.07, 6.45) is 3.01. The second-order valence-corrected chi connectivity index (χ2v) is 6.75. The number of hydrogen-bond acceptors (Lipinski definition) is 5. The van der Waals surface area contributed by atoms with Crippen molar-refractivity contribution in [2.75, 3.05) is 32.1 Å². The number of methoxy groups -OCH3 is 1. The summed E-state index contributed by atoms with van der Waals surface area (Å²) in [7, 11) is 3.48. The van der Waals surface area contributed by atoms with Gasteiger partial charge >= 0.3 is 0 Å².